The van der Waals surface area contributed by atoms with Gasteiger partial charge in [0.25, 0.3) is 0 Å². The molecular formula is C27H24N2O. The molecule has 0 saturated heterocycles. The Morgan fingerprint density at radius 2 is 1.47 bits per heavy atom. The van der Waals surface area contributed by atoms with E-state index in [0.717, 1.165) is 24.4 Å². The van der Waals surface area contributed by atoms with Crippen LogP contribution in [-0.2, 0) is 13.1 Å². The predicted octanol–water partition coefficient (Wildman–Crippen LogP) is 6.54. The molecule has 0 fully saturated rings. The fourth-order valence-electron chi connectivity index (χ4n) is 3.98. The largest absolute Gasteiger partial charge is 0.497 e. The minimum Gasteiger partial charge on any atom is -0.497 e. The average molecular weight is 393 g/mol. The lowest BCUT2D eigenvalue weighted by molar-refractivity contribution is 0.414. The van der Waals surface area contributed by atoms with Gasteiger partial charge in [0, 0.05) is 35.9 Å². The molecule has 0 amide bonds. The minimum atomic E-state index is 0.826. The number of anilines is 1. The van der Waals surface area contributed by atoms with Gasteiger partial charge in [0.05, 0.1) is 7.11 Å². The van der Waals surface area contributed by atoms with E-state index in [-0.39, 0.29) is 0 Å². The molecule has 3 nitrogen and oxygen atoms in total. The molecule has 148 valence electrons. The number of nitrogens with zero attached hydrogens (tertiary/aromatic N) is 1. The number of fused-ring (bicyclic) bond motifs is 2. The summed E-state index contributed by atoms with van der Waals surface area (Å²) in [5.41, 5.74) is 4.93. The van der Waals surface area contributed by atoms with Crippen molar-refractivity contribution in [1.82, 2.24) is 4.98 Å². The Morgan fingerprint density at radius 1 is 0.700 bits per heavy atom. The maximum atomic E-state index is 5.32. The number of ether oxygens (including phenoxy) is 1. The molecule has 0 spiro atoms. The summed E-state index contributed by atoms with van der Waals surface area (Å²) in [5.74, 6) is 0.883. The number of methoxy groups -OCH3 is 1. The Hall–Kier alpha value is -3.72. The summed E-state index contributed by atoms with van der Waals surface area (Å²) in [5, 5.41) is 3.78. The molecule has 0 aliphatic heterocycles. The summed E-state index contributed by atoms with van der Waals surface area (Å²) in [7, 11) is 1.70. The molecule has 0 saturated carbocycles. The van der Waals surface area contributed by atoms with Crippen LogP contribution in [0.2, 0.25) is 0 Å². The number of nitrogens with one attached hydrogen (secondary N) is 1. The van der Waals surface area contributed by atoms with Crippen LogP contribution in [0.4, 0.5) is 5.69 Å². The van der Waals surface area contributed by atoms with Crippen LogP contribution in [0.3, 0.4) is 0 Å². The second-order valence-electron chi connectivity index (χ2n) is 7.63. The van der Waals surface area contributed by atoms with Crippen molar-refractivity contribution >= 4 is 27.4 Å². The molecule has 1 aromatic heterocycles. The first kappa shape index (κ1) is 18.3. The van der Waals surface area contributed by atoms with Gasteiger partial charge in [-0.2, -0.15) is 0 Å². The van der Waals surface area contributed by atoms with Gasteiger partial charge in [-0.3, -0.25) is 0 Å². The summed E-state index contributed by atoms with van der Waals surface area (Å²) in [6, 6.07) is 32.3. The monoisotopic (exact) mass is 392 g/mol. The highest BCUT2D eigenvalue weighted by atomic mass is 16.5. The predicted molar refractivity (Wildman–Crippen MR) is 125 cm³/mol. The van der Waals surface area contributed by atoms with Gasteiger partial charge < -0.3 is 14.6 Å². The van der Waals surface area contributed by atoms with E-state index in [1.165, 1.54) is 33.0 Å². The maximum Gasteiger partial charge on any atom is 0.118 e. The van der Waals surface area contributed by atoms with Crippen LogP contribution in [0.25, 0.3) is 21.7 Å². The third kappa shape index (κ3) is 3.74. The first-order valence-corrected chi connectivity index (χ1v) is 10.2. The SMILES string of the molecule is COc1ccc(CN(Cc2ccc3ccccc3c2)c2ccc3[nH]ccc3c2)cc1. The molecule has 5 aromatic rings. The molecule has 0 bridgehead atoms. The number of rotatable bonds is 6. The second kappa shape index (κ2) is 7.96. The van der Waals surface area contributed by atoms with E-state index in [4.69, 9.17) is 4.74 Å². The zero-order chi connectivity index (χ0) is 20.3. The molecule has 0 aliphatic carbocycles. The zero-order valence-electron chi connectivity index (χ0n) is 17.0. The van der Waals surface area contributed by atoms with Crippen molar-refractivity contribution in [3.8, 4) is 5.75 Å². The topological polar surface area (TPSA) is 28.3 Å². The lowest BCUT2D eigenvalue weighted by atomic mass is 10.1. The van der Waals surface area contributed by atoms with Crippen molar-refractivity contribution in [1.29, 1.82) is 0 Å². The van der Waals surface area contributed by atoms with Crippen molar-refractivity contribution in [3.63, 3.8) is 0 Å². The van der Waals surface area contributed by atoms with E-state index in [1.807, 2.05) is 18.3 Å². The first-order chi connectivity index (χ1) is 14.8. The van der Waals surface area contributed by atoms with Gasteiger partial charge in [-0.1, -0.05) is 48.5 Å². The Labute approximate surface area is 176 Å². The van der Waals surface area contributed by atoms with Gasteiger partial charge in [0.1, 0.15) is 5.75 Å². The van der Waals surface area contributed by atoms with Crippen LogP contribution >= 0.6 is 0 Å². The summed E-state index contributed by atoms with van der Waals surface area (Å²) in [4.78, 5) is 5.71. The summed E-state index contributed by atoms with van der Waals surface area (Å²) in [6.07, 6.45) is 1.99. The highest BCUT2D eigenvalue weighted by molar-refractivity contribution is 5.84. The Kier molecular flexibility index (Phi) is 4.86. The van der Waals surface area contributed by atoms with E-state index in [9.17, 15) is 0 Å². The van der Waals surface area contributed by atoms with Crippen molar-refractivity contribution < 1.29 is 4.74 Å². The molecule has 4 aromatic carbocycles. The fourth-order valence-corrected chi connectivity index (χ4v) is 3.98. The Bertz CT molecular complexity index is 1290. The van der Waals surface area contributed by atoms with Gasteiger partial charge in [-0.15, -0.1) is 0 Å². The van der Waals surface area contributed by atoms with Crippen molar-refractivity contribution in [2.24, 2.45) is 0 Å². The van der Waals surface area contributed by atoms with Crippen molar-refractivity contribution in [3.05, 3.63) is 108 Å². The molecule has 1 heterocycles. The number of hydrogen-bond donors (Lipinski definition) is 1. The summed E-state index contributed by atoms with van der Waals surface area (Å²) in [6.45, 7) is 1.67. The zero-order valence-corrected chi connectivity index (χ0v) is 17.0. The van der Waals surface area contributed by atoms with Crippen LogP contribution in [0.15, 0.2) is 97.2 Å². The van der Waals surface area contributed by atoms with Crippen LogP contribution in [-0.4, -0.2) is 12.1 Å². The molecule has 1 N–H and O–H groups in total. The molecule has 0 atom stereocenters. The minimum absolute atomic E-state index is 0.826. The highest BCUT2D eigenvalue weighted by Gasteiger charge is 2.11. The smallest absolute Gasteiger partial charge is 0.118 e. The molecule has 0 aliphatic rings. The summed E-state index contributed by atoms with van der Waals surface area (Å²) >= 11 is 0. The number of aromatic nitrogens is 1. The third-order valence-electron chi connectivity index (χ3n) is 5.62. The molecule has 5 rings (SSSR count). The molecular weight excluding hydrogens is 368 g/mol. The van der Waals surface area contributed by atoms with Crippen molar-refractivity contribution in [2.75, 3.05) is 12.0 Å². The average Bonchev–Trinajstić information content (AvgIpc) is 3.27. The molecule has 0 unspecified atom stereocenters. The van der Waals surface area contributed by atoms with E-state index in [1.54, 1.807) is 7.11 Å². The number of aromatic amines is 1. The van der Waals surface area contributed by atoms with E-state index < -0.39 is 0 Å². The molecule has 3 heteroatoms. The van der Waals surface area contributed by atoms with Crippen LogP contribution < -0.4 is 9.64 Å². The number of H-pyrrole nitrogens is 1. The highest BCUT2D eigenvalue weighted by Crippen LogP contribution is 2.26. The fraction of sp³-hybridized carbons (Fsp3) is 0.111. The number of hydrogen-bond acceptors (Lipinski definition) is 2. The van der Waals surface area contributed by atoms with Crippen molar-refractivity contribution in [2.45, 2.75) is 13.1 Å². The third-order valence-corrected chi connectivity index (χ3v) is 5.62. The van der Waals surface area contributed by atoms with Crippen LogP contribution in [0, 0.1) is 0 Å². The van der Waals surface area contributed by atoms with Gasteiger partial charge in [0.15, 0.2) is 0 Å². The Morgan fingerprint density at radius 3 is 2.30 bits per heavy atom. The van der Waals surface area contributed by atoms with Crippen LogP contribution in [0.1, 0.15) is 11.1 Å². The normalized spacial score (nSPS) is 11.1. The standard InChI is InChI=1S/C27H24N2O/c1-30-26-11-7-20(8-12-26)18-29(25-10-13-27-24(17-25)14-15-28-27)19-21-6-9-22-4-2-3-5-23(22)16-21/h2-17,28H,18-19H2,1H3. The number of benzene rings is 4. The maximum absolute atomic E-state index is 5.32. The lowest BCUT2D eigenvalue weighted by Gasteiger charge is -2.26. The van der Waals surface area contributed by atoms with Gasteiger partial charge in [-0.25, -0.2) is 0 Å². The molecule has 0 radical (unpaired) electrons. The second-order valence-corrected chi connectivity index (χ2v) is 7.63. The first-order valence-electron chi connectivity index (χ1n) is 10.2. The van der Waals surface area contributed by atoms with E-state index in [0.29, 0.717) is 0 Å². The van der Waals surface area contributed by atoms with E-state index >= 15 is 0 Å². The Balaban J connectivity index is 1.49. The lowest BCUT2D eigenvalue weighted by Crippen LogP contribution is -2.22. The van der Waals surface area contributed by atoms with E-state index in [2.05, 4.69) is 88.7 Å². The van der Waals surface area contributed by atoms with Gasteiger partial charge in [0.2, 0.25) is 0 Å². The van der Waals surface area contributed by atoms with Gasteiger partial charge >= 0.3 is 0 Å². The van der Waals surface area contributed by atoms with Crippen LogP contribution in [0.5, 0.6) is 5.75 Å². The summed E-state index contributed by atoms with van der Waals surface area (Å²) < 4.78 is 5.32. The van der Waals surface area contributed by atoms with Gasteiger partial charge in [-0.05, 0) is 64.4 Å². The quantitative estimate of drug-likeness (QED) is 0.355. The molecule has 30 heavy (non-hydrogen) atoms.